The van der Waals surface area contributed by atoms with Crippen molar-refractivity contribution in [2.75, 3.05) is 28.9 Å². The van der Waals surface area contributed by atoms with Crippen LogP contribution in [0.4, 0.5) is 26.2 Å². The third-order valence-corrected chi connectivity index (χ3v) is 3.28. The number of nitrogens with two attached hydrogens (primary N) is 2. The van der Waals surface area contributed by atoms with Crippen molar-refractivity contribution in [2.24, 2.45) is 11.6 Å². The third kappa shape index (κ3) is 6.08. The number of halogens is 1. The Kier molecular flexibility index (Phi) is 6.95. The first-order chi connectivity index (χ1) is 12.5. The molecule has 2 aromatic rings. The number of benzene rings is 2. The Labute approximate surface area is 151 Å². The minimum absolute atomic E-state index is 0.296. The van der Waals surface area contributed by atoms with Crippen molar-refractivity contribution in [3.05, 3.63) is 66.2 Å². The van der Waals surface area contributed by atoms with Crippen LogP contribution in [0.1, 0.15) is 6.92 Å². The van der Waals surface area contributed by atoms with Gasteiger partial charge in [-0.25, -0.2) is 15.0 Å². The zero-order valence-electron chi connectivity index (χ0n) is 14.4. The second-order valence-electron chi connectivity index (χ2n) is 5.38. The number of carbonyl (C=O) groups is 1. The monoisotopic (exact) mass is 359 g/mol. The Bertz CT molecular complexity index is 764. The van der Waals surface area contributed by atoms with Crippen LogP contribution in [0.5, 0.6) is 0 Å². The summed E-state index contributed by atoms with van der Waals surface area (Å²) in [5.41, 5.74) is 7.89. The molecule has 138 valence electrons. The summed E-state index contributed by atoms with van der Waals surface area (Å²) in [7, 11) is 0. The Morgan fingerprint density at radius 3 is 2.54 bits per heavy atom. The Balaban J connectivity index is 1.93. The molecule has 6 N–H and O–H groups in total. The summed E-state index contributed by atoms with van der Waals surface area (Å²) in [5.74, 6) is 5.50. The maximum atomic E-state index is 13.1. The number of nitrogens with zero attached hydrogens (tertiary/aromatic N) is 1. The van der Waals surface area contributed by atoms with E-state index in [-0.39, 0.29) is 0 Å². The molecule has 0 bridgehead atoms. The molecule has 2 rings (SSSR count). The molecule has 0 aliphatic rings. The van der Waals surface area contributed by atoms with Gasteiger partial charge in [-0.3, -0.25) is 5.01 Å². The van der Waals surface area contributed by atoms with Crippen LogP contribution in [0, 0.1) is 5.82 Å². The topological polar surface area (TPSA) is 106 Å². The summed E-state index contributed by atoms with van der Waals surface area (Å²) in [4.78, 5) is 11.9. The first kappa shape index (κ1) is 19.2. The van der Waals surface area contributed by atoms with Crippen molar-refractivity contribution < 1.29 is 13.9 Å². The highest BCUT2D eigenvalue weighted by atomic mass is 19.1. The van der Waals surface area contributed by atoms with E-state index in [1.165, 1.54) is 23.2 Å². The number of hydrogen-bond donors (Lipinski definition) is 4. The molecule has 0 spiro atoms. The number of ether oxygens (including phenoxy) is 1. The molecule has 2 aromatic carbocycles. The highest BCUT2D eigenvalue weighted by Gasteiger charge is 2.05. The van der Waals surface area contributed by atoms with Crippen LogP contribution in [0.25, 0.3) is 0 Å². The molecule has 2 amide bonds. The fraction of sp³-hybridized carbons (Fsp3) is 0.167. The molecule has 0 radical (unpaired) electrons. The summed E-state index contributed by atoms with van der Waals surface area (Å²) < 4.78 is 18.3. The molecule has 0 saturated carbocycles. The number of hydrogen-bond acceptors (Lipinski definition) is 5. The molecular weight excluding hydrogens is 337 g/mol. The largest absolute Gasteiger partial charge is 0.399 e. The van der Waals surface area contributed by atoms with Crippen molar-refractivity contribution in [3.8, 4) is 0 Å². The van der Waals surface area contributed by atoms with E-state index in [0.717, 1.165) is 0 Å². The average Bonchev–Trinajstić information content (AvgIpc) is 2.60. The molecule has 7 nitrogen and oxygen atoms in total. The maximum absolute atomic E-state index is 13.1. The molecule has 0 fully saturated rings. The van der Waals surface area contributed by atoms with Crippen LogP contribution in [0.2, 0.25) is 0 Å². The summed E-state index contributed by atoms with van der Waals surface area (Å²) in [6, 6.07) is 12.0. The van der Waals surface area contributed by atoms with Crippen LogP contribution < -0.4 is 27.2 Å². The summed E-state index contributed by atoms with van der Waals surface area (Å²) in [6.45, 7) is 2.74. The predicted molar refractivity (Wildman–Crippen MR) is 101 cm³/mol. The number of nitrogens with one attached hydrogen (secondary N) is 2. The normalized spacial score (nSPS) is 11.1. The van der Waals surface area contributed by atoms with Crippen molar-refractivity contribution in [3.63, 3.8) is 0 Å². The SMILES string of the molecule is CCOC/C(N)=C/N(N)c1ccc(NC(=O)Nc2cccc(F)c2)cc1. The number of urea groups is 1. The van der Waals surface area contributed by atoms with Gasteiger partial charge in [-0.1, -0.05) is 6.07 Å². The first-order valence-electron chi connectivity index (χ1n) is 7.99. The standard InChI is InChI=1S/C18H22FN5O2/c1-2-26-12-14(20)11-24(21)17-8-6-15(7-9-17)22-18(25)23-16-5-3-4-13(19)10-16/h3-11H,2,12,20-21H2,1H3,(H2,22,23,25)/b14-11-. The lowest BCUT2D eigenvalue weighted by molar-refractivity contribution is 0.170. The lowest BCUT2D eigenvalue weighted by Crippen LogP contribution is -2.27. The molecule has 0 atom stereocenters. The van der Waals surface area contributed by atoms with Crippen molar-refractivity contribution in [1.82, 2.24) is 0 Å². The molecular formula is C18H22FN5O2. The van der Waals surface area contributed by atoms with Crippen molar-refractivity contribution in [2.45, 2.75) is 6.92 Å². The van der Waals surface area contributed by atoms with Gasteiger partial charge in [0.05, 0.1) is 18.0 Å². The fourth-order valence-electron chi connectivity index (χ4n) is 2.09. The smallest absolute Gasteiger partial charge is 0.323 e. The molecule has 0 saturated heterocycles. The average molecular weight is 359 g/mol. The van der Waals surface area contributed by atoms with E-state index in [0.29, 0.717) is 36.0 Å². The van der Waals surface area contributed by atoms with E-state index >= 15 is 0 Å². The highest BCUT2D eigenvalue weighted by molar-refractivity contribution is 5.99. The van der Waals surface area contributed by atoms with Gasteiger partial charge >= 0.3 is 6.03 Å². The van der Waals surface area contributed by atoms with Crippen LogP contribution >= 0.6 is 0 Å². The Morgan fingerprint density at radius 1 is 1.19 bits per heavy atom. The summed E-state index contributed by atoms with van der Waals surface area (Å²) >= 11 is 0. The minimum atomic E-state index is -0.478. The first-order valence-corrected chi connectivity index (χ1v) is 7.99. The maximum Gasteiger partial charge on any atom is 0.323 e. The number of anilines is 3. The van der Waals surface area contributed by atoms with Gasteiger partial charge in [0.2, 0.25) is 0 Å². The van der Waals surface area contributed by atoms with E-state index in [1.807, 2.05) is 6.92 Å². The second-order valence-corrected chi connectivity index (χ2v) is 5.38. The second kappa shape index (κ2) is 9.40. The molecule has 8 heteroatoms. The minimum Gasteiger partial charge on any atom is -0.399 e. The van der Waals surface area contributed by atoms with Gasteiger partial charge in [0.25, 0.3) is 0 Å². The third-order valence-electron chi connectivity index (χ3n) is 3.28. The lowest BCUT2D eigenvalue weighted by Gasteiger charge is -2.16. The zero-order chi connectivity index (χ0) is 18.9. The fourth-order valence-corrected chi connectivity index (χ4v) is 2.09. The van der Waals surface area contributed by atoms with E-state index in [1.54, 1.807) is 36.5 Å². The number of carbonyl (C=O) groups excluding carboxylic acids is 1. The predicted octanol–water partition coefficient (Wildman–Crippen LogP) is 2.99. The Morgan fingerprint density at radius 2 is 1.88 bits per heavy atom. The lowest BCUT2D eigenvalue weighted by atomic mass is 10.2. The summed E-state index contributed by atoms with van der Waals surface area (Å²) in [5, 5.41) is 6.57. The molecule has 0 aliphatic carbocycles. The van der Waals surface area contributed by atoms with E-state index in [9.17, 15) is 9.18 Å². The molecule has 0 aliphatic heterocycles. The van der Waals surface area contributed by atoms with E-state index in [2.05, 4.69) is 10.6 Å². The number of amides is 2. The zero-order valence-corrected chi connectivity index (χ0v) is 14.4. The van der Waals surface area contributed by atoms with E-state index < -0.39 is 11.8 Å². The van der Waals surface area contributed by atoms with Crippen LogP contribution in [0.3, 0.4) is 0 Å². The quantitative estimate of drug-likeness (QED) is 0.449. The van der Waals surface area contributed by atoms with E-state index in [4.69, 9.17) is 16.3 Å². The van der Waals surface area contributed by atoms with Gasteiger partial charge in [-0.05, 0) is 49.4 Å². The van der Waals surface area contributed by atoms with Crippen LogP contribution in [-0.4, -0.2) is 19.2 Å². The van der Waals surface area contributed by atoms with Gasteiger partial charge in [-0.15, -0.1) is 0 Å². The van der Waals surface area contributed by atoms with Gasteiger partial charge in [0, 0.05) is 24.2 Å². The highest BCUT2D eigenvalue weighted by Crippen LogP contribution is 2.17. The van der Waals surface area contributed by atoms with Crippen LogP contribution in [0.15, 0.2) is 60.4 Å². The van der Waals surface area contributed by atoms with Gasteiger partial charge in [-0.2, -0.15) is 0 Å². The molecule has 0 unspecified atom stereocenters. The molecule has 0 heterocycles. The van der Waals surface area contributed by atoms with Crippen molar-refractivity contribution in [1.29, 1.82) is 0 Å². The number of rotatable bonds is 7. The van der Waals surface area contributed by atoms with Gasteiger partial charge < -0.3 is 21.1 Å². The van der Waals surface area contributed by atoms with Gasteiger partial charge in [0.1, 0.15) is 5.82 Å². The molecule has 0 aromatic heterocycles. The number of hydrazine groups is 1. The van der Waals surface area contributed by atoms with Crippen LogP contribution in [-0.2, 0) is 4.74 Å². The van der Waals surface area contributed by atoms with Crippen molar-refractivity contribution >= 4 is 23.1 Å². The summed E-state index contributed by atoms with van der Waals surface area (Å²) in [6.07, 6.45) is 1.56. The van der Waals surface area contributed by atoms with Gasteiger partial charge in [0.15, 0.2) is 0 Å². The molecule has 26 heavy (non-hydrogen) atoms. The Hall–Kier alpha value is -3.10.